The van der Waals surface area contributed by atoms with E-state index in [-0.39, 0.29) is 5.91 Å². The van der Waals surface area contributed by atoms with Gasteiger partial charge in [0.2, 0.25) is 0 Å². The molecular formula is C15H17N3O. The second kappa shape index (κ2) is 6.00. The van der Waals surface area contributed by atoms with E-state index in [9.17, 15) is 4.79 Å². The smallest absolute Gasteiger partial charge is 0.270 e. The highest BCUT2D eigenvalue weighted by Gasteiger charge is 2.07. The van der Waals surface area contributed by atoms with Crippen molar-refractivity contribution in [1.29, 1.82) is 0 Å². The fourth-order valence-corrected chi connectivity index (χ4v) is 1.81. The number of pyridine rings is 1. The highest BCUT2D eigenvalue weighted by molar-refractivity contribution is 5.93. The summed E-state index contributed by atoms with van der Waals surface area (Å²) < 4.78 is 0. The van der Waals surface area contributed by atoms with E-state index in [1.807, 2.05) is 38.2 Å². The third-order valence-corrected chi connectivity index (χ3v) is 2.82. The van der Waals surface area contributed by atoms with E-state index in [1.54, 1.807) is 12.3 Å². The number of hydrogen-bond donors (Lipinski definition) is 2. The molecule has 1 heterocycles. The summed E-state index contributed by atoms with van der Waals surface area (Å²) in [6.45, 7) is 2.54. The van der Waals surface area contributed by atoms with E-state index in [4.69, 9.17) is 0 Å². The van der Waals surface area contributed by atoms with Crippen molar-refractivity contribution in [2.75, 3.05) is 12.4 Å². The Bertz CT molecular complexity index is 581. The molecule has 4 heteroatoms. The molecule has 2 rings (SSSR count). The first-order valence-electron chi connectivity index (χ1n) is 6.16. The number of aryl methyl sites for hydroxylation is 1. The summed E-state index contributed by atoms with van der Waals surface area (Å²) in [4.78, 5) is 16.0. The molecule has 98 valence electrons. The Balaban J connectivity index is 2.01. The lowest BCUT2D eigenvalue weighted by atomic mass is 10.1. The van der Waals surface area contributed by atoms with E-state index in [2.05, 4.69) is 21.7 Å². The number of rotatable bonds is 4. The van der Waals surface area contributed by atoms with Gasteiger partial charge in [-0.25, -0.2) is 0 Å². The number of aromatic nitrogens is 1. The second-order valence-electron chi connectivity index (χ2n) is 4.35. The standard InChI is InChI=1S/C15H17N3O/c1-11-4-3-5-12(8-11)10-18-15(19)14-9-13(16-2)6-7-17-14/h3-9H,10H2,1-2H3,(H,16,17)(H,18,19). The van der Waals surface area contributed by atoms with Gasteiger partial charge in [0.1, 0.15) is 5.69 Å². The van der Waals surface area contributed by atoms with Gasteiger partial charge in [-0.15, -0.1) is 0 Å². The first kappa shape index (κ1) is 13.1. The van der Waals surface area contributed by atoms with E-state index < -0.39 is 0 Å². The minimum Gasteiger partial charge on any atom is -0.388 e. The normalized spacial score (nSPS) is 10.0. The third-order valence-electron chi connectivity index (χ3n) is 2.82. The average molecular weight is 255 g/mol. The molecular weight excluding hydrogens is 238 g/mol. The van der Waals surface area contributed by atoms with Gasteiger partial charge in [0.25, 0.3) is 5.91 Å². The van der Waals surface area contributed by atoms with E-state index >= 15 is 0 Å². The maximum atomic E-state index is 12.0. The zero-order valence-electron chi connectivity index (χ0n) is 11.1. The van der Waals surface area contributed by atoms with Crippen molar-refractivity contribution in [3.05, 3.63) is 59.4 Å². The minimum atomic E-state index is -0.168. The summed E-state index contributed by atoms with van der Waals surface area (Å²) in [7, 11) is 1.81. The Labute approximate surface area is 112 Å². The van der Waals surface area contributed by atoms with Crippen molar-refractivity contribution in [1.82, 2.24) is 10.3 Å². The maximum absolute atomic E-state index is 12.0. The number of nitrogens with zero attached hydrogens (tertiary/aromatic N) is 1. The Morgan fingerprint density at radius 3 is 2.84 bits per heavy atom. The van der Waals surface area contributed by atoms with E-state index in [0.29, 0.717) is 12.2 Å². The topological polar surface area (TPSA) is 54.0 Å². The average Bonchev–Trinajstić information content (AvgIpc) is 2.45. The van der Waals surface area contributed by atoms with Gasteiger partial charge in [0.05, 0.1) is 0 Å². The van der Waals surface area contributed by atoms with Crippen LogP contribution in [0.3, 0.4) is 0 Å². The molecule has 0 spiro atoms. The molecule has 0 unspecified atom stereocenters. The Hall–Kier alpha value is -2.36. The first-order valence-corrected chi connectivity index (χ1v) is 6.16. The summed E-state index contributed by atoms with van der Waals surface area (Å²) in [6, 6.07) is 11.6. The molecule has 2 aromatic rings. The van der Waals surface area contributed by atoms with Crippen LogP contribution in [0.4, 0.5) is 5.69 Å². The van der Waals surface area contributed by atoms with Gasteiger partial charge in [-0.1, -0.05) is 29.8 Å². The first-order chi connectivity index (χ1) is 9.19. The summed E-state index contributed by atoms with van der Waals surface area (Å²) in [6.07, 6.45) is 1.62. The van der Waals surface area contributed by atoms with Crippen molar-refractivity contribution in [3.8, 4) is 0 Å². The molecule has 1 aromatic heterocycles. The molecule has 0 fully saturated rings. The minimum absolute atomic E-state index is 0.168. The fourth-order valence-electron chi connectivity index (χ4n) is 1.81. The van der Waals surface area contributed by atoms with Crippen LogP contribution in [0.25, 0.3) is 0 Å². The van der Waals surface area contributed by atoms with Crippen LogP contribution in [0, 0.1) is 6.92 Å². The molecule has 0 radical (unpaired) electrons. The molecule has 0 saturated carbocycles. The van der Waals surface area contributed by atoms with Crippen LogP contribution in [0.5, 0.6) is 0 Å². The van der Waals surface area contributed by atoms with Crippen molar-refractivity contribution in [3.63, 3.8) is 0 Å². The van der Waals surface area contributed by atoms with Gasteiger partial charge < -0.3 is 10.6 Å². The highest BCUT2D eigenvalue weighted by atomic mass is 16.1. The number of carbonyl (C=O) groups excluding carboxylic acids is 1. The number of nitrogens with one attached hydrogen (secondary N) is 2. The summed E-state index contributed by atoms with van der Waals surface area (Å²) in [5, 5.41) is 5.85. The second-order valence-corrected chi connectivity index (χ2v) is 4.35. The molecule has 0 aliphatic carbocycles. The molecule has 4 nitrogen and oxygen atoms in total. The SMILES string of the molecule is CNc1ccnc(C(=O)NCc2cccc(C)c2)c1. The van der Waals surface area contributed by atoms with Gasteiger partial charge in [0, 0.05) is 25.5 Å². The van der Waals surface area contributed by atoms with Crippen molar-refractivity contribution < 1.29 is 4.79 Å². The maximum Gasteiger partial charge on any atom is 0.270 e. The van der Waals surface area contributed by atoms with Gasteiger partial charge in [-0.2, -0.15) is 0 Å². The van der Waals surface area contributed by atoms with Crippen LogP contribution in [0.1, 0.15) is 21.6 Å². The Kier molecular flexibility index (Phi) is 4.13. The molecule has 1 aromatic carbocycles. The lowest BCUT2D eigenvalue weighted by Gasteiger charge is -2.07. The van der Waals surface area contributed by atoms with Crippen molar-refractivity contribution >= 4 is 11.6 Å². The number of carbonyl (C=O) groups is 1. The molecule has 0 aliphatic heterocycles. The van der Waals surface area contributed by atoms with Crippen LogP contribution in [-0.4, -0.2) is 17.9 Å². The number of hydrogen-bond acceptors (Lipinski definition) is 3. The van der Waals surface area contributed by atoms with E-state index in [0.717, 1.165) is 11.3 Å². The zero-order chi connectivity index (χ0) is 13.7. The Morgan fingerprint density at radius 2 is 2.11 bits per heavy atom. The Morgan fingerprint density at radius 1 is 1.26 bits per heavy atom. The largest absolute Gasteiger partial charge is 0.388 e. The molecule has 0 atom stereocenters. The van der Waals surface area contributed by atoms with E-state index in [1.165, 1.54) is 5.56 Å². The molecule has 19 heavy (non-hydrogen) atoms. The lowest BCUT2D eigenvalue weighted by molar-refractivity contribution is 0.0946. The summed E-state index contributed by atoms with van der Waals surface area (Å²) in [5.74, 6) is -0.168. The number of amides is 1. The van der Waals surface area contributed by atoms with Crippen LogP contribution >= 0.6 is 0 Å². The van der Waals surface area contributed by atoms with Gasteiger partial charge in [0.15, 0.2) is 0 Å². The van der Waals surface area contributed by atoms with Crippen LogP contribution in [-0.2, 0) is 6.54 Å². The van der Waals surface area contributed by atoms with Gasteiger partial charge in [-0.3, -0.25) is 9.78 Å². The molecule has 1 amide bonds. The van der Waals surface area contributed by atoms with Crippen molar-refractivity contribution in [2.45, 2.75) is 13.5 Å². The van der Waals surface area contributed by atoms with Crippen LogP contribution in [0.2, 0.25) is 0 Å². The monoisotopic (exact) mass is 255 g/mol. The number of benzene rings is 1. The highest BCUT2D eigenvalue weighted by Crippen LogP contribution is 2.07. The van der Waals surface area contributed by atoms with Gasteiger partial charge >= 0.3 is 0 Å². The number of anilines is 1. The third kappa shape index (κ3) is 3.55. The van der Waals surface area contributed by atoms with Crippen LogP contribution in [0.15, 0.2) is 42.6 Å². The lowest BCUT2D eigenvalue weighted by Crippen LogP contribution is -2.23. The quantitative estimate of drug-likeness (QED) is 0.881. The van der Waals surface area contributed by atoms with Crippen molar-refractivity contribution in [2.24, 2.45) is 0 Å². The predicted octanol–water partition coefficient (Wildman–Crippen LogP) is 2.36. The van der Waals surface area contributed by atoms with Crippen LogP contribution < -0.4 is 10.6 Å². The predicted molar refractivity (Wildman–Crippen MR) is 76.1 cm³/mol. The zero-order valence-corrected chi connectivity index (χ0v) is 11.1. The van der Waals surface area contributed by atoms with Gasteiger partial charge in [-0.05, 0) is 24.6 Å². The molecule has 0 aliphatic rings. The molecule has 0 saturated heterocycles. The molecule has 0 bridgehead atoms. The summed E-state index contributed by atoms with van der Waals surface area (Å²) in [5.41, 5.74) is 3.55. The fraction of sp³-hybridized carbons (Fsp3) is 0.200. The summed E-state index contributed by atoms with van der Waals surface area (Å²) >= 11 is 0. The molecule has 2 N–H and O–H groups in total.